The van der Waals surface area contributed by atoms with E-state index in [1.807, 2.05) is 32.0 Å². The molecule has 0 fully saturated rings. The average molecular weight is 265 g/mol. The van der Waals surface area contributed by atoms with Crippen LogP contribution in [-0.4, -0.2) is 45.2 Å². The Morgan fingerprint density at radius 2 is 1.84 bits per heavy atom. The van der Waals surface area contributed by atoms with Crippen molar-refractivity contribution in [1.29, 1.82) is 0 Å². The first-order chi connectivity index (χ1) is 8.91. The summed E-state index contributed by atoms with van der Waals surface area (Å²) in [6.07, 6.45) is 1.25. The molecule has 4 nitrogen and oxygen atoms in total. The van der Waals surface area contributed by atoms with Gasteiger partial charge in [-0.25, -0.2) is 0 Å². The molecule has 0 atom stereocenters. The molecule has 0 aliphatic carbocycles. The van der Waals surface area contributed by atoms with Crippen molar-refractivity contribution in [3.63, 3.8) is 0 Å². The molecule has 108 valence electrons. The second-order valence-corrected chi connectivity index (χ2v) is 5.43. The second-order valence-electron chi connectivity index (χ2n) is 5.43. The third-order valence-corrected chi connectivity index (χ3v) is 2.92. The highest BCUT2D eigenvalue weighted by Gasteiger charge is 2.10. The predicted octanol–water partition coefficient (Wildman–Crippen LogP) is 2.44. The molecule has 1 rings (SSSR count). The van der Waals surface area contributed by atoms with Gasteiger partial charge in [0.2, 0.25) is 0 Å². The summed E-state index contributed by atoms with van der Waals surface area (Å²) < 4.78 is 5.72. The molecule has 0 heterocycles. The maximum absolute atomic E-state index is 6.19. The summed E-state index contributed by atoms with van der Waals surface area (Å²) in [5.41, 5.74) is 7.95. The first-order valence-electron chi connectivity index (χ1n) is 6.82. The number of benzene rings is 1. The van der Waals surface area contributed by atoms with Gasteiger partial charge in [0.05, 0.1) is 17.5 Å². The Kier molecular flexibility index (Phi) is 5.96. The van der Waals surface area contributed by atoms with Gasteiger partial charge >= 0.3 is 0 Å². The average Bonchev–Trinajstić information content (AvgIpc) is 2.30. The van der Waals surface area contributed by atoms with Gasteiger partial charge in [0.15, 0.2) is 0 Å². The number of nitrogen functional groups attached to an aromatic ring is 1. The van der Waals surface area contributed by atoms with Gasteiger partial charge in [-0.3, -0.25) is 0 Å². The smallest absolute Gasteiger partial charge is 0.144 e. The molecule has 0 saturated heterocycles. The molecule has 0 aliphatic rings. The van der Waals surface area contributed by atoms with Crippen molar-refractivity contribution >= 4 is 11.4 Å². The molecular formula is C15H27N3O. The van der Waals surface area contributed by atoms with E-state index in [0.29, 0.717) is 0 Å². The Bertz CT molecular complexity index is 391. The highest BCUT2D eigenvalue weighted by Crippen LogP contribution is 2.32. The molecule has 0 aromatic heterocycles. The van der Waals surface area contributed by atoms with E-state index in [-0.39, 0.29) is 6.10 Å². The molecule has 4 heteroatoms. The molecule has 1 aromatic carbocycles. The van der Waals surface area contributed by atoms with Crippen LogP contribution in [0.25, 0.3) is 0 Å². The fourth-order valence-electron chi connectivity index (χ4n) is 1.97. The van der Waals surface area contributed by atoms with E-state index >= 15 is 0 Å². The van der Waals surface area contributed by atoms with Crippen LogP contribution >= 0.6 is 0 Å². The Morgan fingerprint density at radius 1 is 1.16 bits per heavy atom. The third-order valence-electron chi connectivity index (χ3n) is 2.92. The minimum Gasteiger partial charge on any atom is -0.489 e. The number of nitrogens with two attached hydrogens (primary N) is 1. The minimum absolute atomic E-state index is 0.136. The molecular weight excluding hydrogens is 238 g/mol. The molecule has 2 N–H and O–H groups in total. The number of nitrogens with zero attached hydrogens (tertiary/aromatic N) is 2. The third kappa shape index (κ3) is 4.99. The van der Waals surface area contributed by atoms with E-state index in [1.165, 1.54) is 0 Å². The predicted molar refractivity (Wildman–Crippen MR) is 83.1 cm³/mol. The molecule has 0 saturated carbocycles. The number of rotatable bonds is 7. The van der Waals surface area contributed by atoms with Gasteiger partial charge in [-0.1, -0.05) is 6.07 Å². The lowest BCUT2D eigenvalue weighted by atomic mass is 10.2. The molecule has 0 spiro atoms. The summed E-state index contributed by atoms with van der Waals surface area (Å²) in [7, 11) is 6.25. The second kappa shape index (κ2) is 7.24. The molecule has 19 heavy (non-hydrogen) atoms. The van der Waals surface area contributed by atoms with Crippen molar-refractivity contribution < 1.29 is 4.74 Å². The minimum atomic E-state index is 0.136. The lowest BCUT2D eigenvalue weighted by molar-refractivity contribution is 0.244. The molecule has 1 aromatic rings. The van der Waals surface area contributed by atoms with Crippen molar-refractivity contribution in [3.8, 4) is 5.75 Å². The molecule has 0 bridgehead atoms. The lowest BCUT2D eigenvalue weighted by Crippen LogP contribution is -2.24. The van der Waals surface area contributed by atoms with E-state index in [9.17, 15) is 0 Å². The van der Waals surface area contributed by atoms with Crippen LogP contribution in [0.3, 0.4) is 0 Å². The number of para-hydroxylation sites is 1. The normalized spacial score (nSPS) is 11.1. The summed E-state index contributed by atoms with van der Waals surface area (Å²) in [5, 5.41) is 0. The van der Waals surface area contributed by atoms with Crippen LogP contribution in [0.2, 0.25) is 0 Å². The van der Waals surface area contributed by atoms with Crippen LogP contribution < -0.4 is 15.4 Å². The summed E-state index contributed by atoms with van der Waals surface area (Å²) >= 11 is 0. The first-order valence-corrected chi connectivity index (χ1v) is 6.82. The van der Waals surface area contributed by atoms with Crippen LogP contribution in [0.15, 0.2) is 18.2 Å². The number of hydrogen-bond acceptors (Lipinski definition) is 4. The zero-order valence-electron chi connectivity index (χ0n) is 12.8. The zero-order chi connectivity index (χ0) is 14.4. The first kappa shape index (κ1) is 15.6. The van der Waals surface area contributed by atoms with Gasteiger partial charge in [0.1, 0.15) is 5.75 Å². The SMILES string of the molecule is CC(C)Oc1cccc(N(C)CCCN(C)C)c1N. The van der Waals surface area contributed by atoms with Gasteiger partial charge in [-0.15, -0.1) is 0 Å². The molecule has 0 aliphatic heterocycles. The summed E-state index contributed by atoms with van der Waals surface area (Å²) in [6, 6.07) is 5.95. The van der Waals surface area contributed by atoms with Crippen molar-refractivity contribution in [2.45, 2.75) is 26.4 Å². The maximum atomic E-state index is 6.19. The van der Waals surface area contributed by atoms with Crippen LogP contribution in [0.1, 0.15) is 20.3 Å². The van der Waals surface area contributed by atoms with Crippen LogP contribution in [0, 0.1) is 0 Å². The van der Waals surface area contributed by atoms with Crippen molar-refractivity contribution in [3.05, 3.63) is 18.2 Å². The largest absolute Gasteiger partial charge is 0.489 e. The van der Waals surface area contributed by atoms with Crippen LogP contribution in [0.5, 0.6) is 5.75 Å². The molecule has 0 amide bonds. The topological polar surface area (TPSA) is 41.7 Å². The van der Waals surface area contributed by atoms with E-state index in [4.69, 9.17) is 10.5 Å². The van der Waals surface area contributed by atoms with Crippen molar-refractivity contribution in [2.24, 2.45) is 0 Å². The zero-order valence-corrected chi connectivity index (χ0v) is 12.8. The van der Waals surface area contributed by atoms with E-state index < -0.39 is 0 Å². The quantitative estimate of drug-likeness (QED) is 0.769. The summed E-state index contributed by atoms with van der Waals surface area (Å²) in [4.78, 5) is 4.38. The lowest BCUT2D eigenvalue weighted by Gasteiger charge is -2.23. The molecule has 0 unspecified atom stereocenters. The van der Waals surface area contributed by atoms with Gasteiger partial charge < -0.3 is 20.3 Å². The van der Waals surface area contributed by atoms with Crippen LogP contribution in [-0.2, 0) is 0 Å². The summed E-state index contributed by atoms with van der Waals surface area (Å²) in [5.74, 6) is 0.770. The van der Waals surface area contributed by atoms with E-state index in [0.717, 1.165) is 36.6 Å². The number of hydrogen-bond donors (Lipinski definition) is 1. The fraction of sp³-hybridized carbons (Fsp3) is 0.600. The Balaban J connectivity index is 2.71. The number of ether oxygens (including phenoxy) is 1. The Morgan fingerprint density at radius 3 is 2.42 bits per heavy atom. The fourth-order valence-corrected chi connectivity index (χ4v) is 1.97. The standard InChI is InChI=1S/C15H27N3O/c1-12(2)19-14-9-6-8-13(15(14)16)18(5)11-7-10-17(3)4/h6,8-9,12H,7,10-11,16H2,1-5H3. The van der Waals surface area contributed by atoms with Crippen LogP contribution in [0.4, 0.5) is 11.4 Å². The Hall–Kier alpha value is -1.42. The maximum Gasteiger partial charge on any atom is 0.144 e. The van der Waals surface area contributed by atoms with Crippen molar-refractivity contribution in [1.82, 2.24) is 4.90 Å². The van der Waals surface area contributed by atoms with E-state index in [2.05, 4.69) is 30.9 Å². The van der Waals surface area contributed by atoms with Crippen molar-refractivity contribution in [2.75, 3.05) is 44.9 Å². The van der Waals surface area contributed by atoms with Gasteiger partial charge in [-0.05, 0) is 53.0 Å². The van der Waals surface area contributed by atoms with E-state index in [1.54, 1.807) is 0 Å². The number of anilines is 2. The highest BCUT2D eigenvalue weighted by molar-refractivity contribution is 5.73. The summed E-state index contributed by atoms with van der Waals surface area (Å²) in [6.45, 7) is 6.07. The van der Waals surface area contributed by atoms with Gasteiger partial charge in [0, 0.05) is 13.6 Å². The van der Waals surface area contributed by atoms with Gasteiger partial charge in [0.25, 0.3) is 0 Å². The molecule has 0 radical (unpaired) electrons. The Labute approximate surface area is 117 Å². The highest BCUT2D eigenvalue weighted by atomic mass is 16.5. The monoisotopic (exact) mass is 265 g/mol. The van der Waals surface area contributed by atoms with Gasteiger partial charge in [-0.2, -0.15) is 0 Å².